The number of carbonyl (C=O) groups excluding carboxylic acids is 1. The molecule has 0 atom stereocenters. The molecule has 0 bridgehead atoms. The predicted octanol–water partition coefficient (Wildman–Crippen LogP) is 0.288. The quantitative estimate of drug-likeness (QED) is 0.702. The van der Waals surface area contributed by atoms with Gasteiger partial charge in [-0.2, -0.15) is 0 Å². The molecule has 20 heavy (non-hydrogen) atoms. The first-order valence-corrected chi connectivity index (χ1v) is 7.16. The van der Waals surface area contributed by atoms with E-state index in [1.54, 1.807) is 14.1 Å². The summed E-state index contributed by atoms with van der Waals surface area (Å²) in [6, 6.07) is -0.170. The van der Waals surface area contributed by atoms with Crippen LogP contribution in [0.15, 0.2) is 5.16 Å². The lowest BCUT2D eigenvalue weighted by molar-refractivity contribution is -0.133. The highest BCUT2D eigenvalue weighted by Crippen LogP contribution is 2.16. The monoisotopic (exact) mass is 301 g/mol. The van der Waals surface area contributed by atoms with Crippen molar-refractivity contribution in [1.82, 2.24) is 25.0 Å². The molecule has 0 spiro atoms. The maximum absolute atomic E-state index is 11.4. The molecule has 0 aliphatic carbocycles. The Bertz CT molecular complexity index is 475. The number of amides is 2. The lowest BCUT2D eigenvalue weighted by atomic mass is 10.4. The number of aliphatic carboxylic acids is 1. The molecule has 112 valence electrons. The van der Waals surface area contributed by atoms with Gasteiger partial charge in [0.25, 0.3) is 0 Å². The van der Waals surface area contributed by atoms with Gasteiger partial charge in [-0.05, 0) is 0 Å². The van der Waals surface area contributed by atoms with Crippen molar-refractivity contribution in [3.8, 4) is 0 Å². The Morgan fingerprint density at radius 3 is 2.65 bits per heavy atom. The topological polar surface area (TPSA) is 100 Å². The third-order valence-corrected chi connectivity index (χ3v) is 3.40. The molecular weight excluding hydrogens is 282 g/mol. The Morgan fingerprint density at radius 2 is 2.10 bits per heavy atom. The van der Waals surface area contributed by atoms with Crippen molar-refractivity contribution in [2.24, 2.45) is 0 Å². The lowest BCUT2D eigenvalue weighted by Gasteiger charge is -2.13. The van der Waals surface area contributed by atoms with Crippen molar-refractivity contribution in [3.05, 3.63) is 5.82 Å². The zero-order chi connectivity index (χ0) is 15.1. The highest BCUT2D eigenvalue weighted by Gasteiger charge is 2.13. The Morgan fingerprint density at radius 1 is 1.40 bits per heavy atom. The van der Waals surface area contributed by atoms with E-state index in [0.717, 1.165) is 17.6 Å². The van der Waals surface area contributed by atoms with Crippen LogP contribution < -0.4 is 5.32 Å². The molecule has 0 aliphatic heterocycles. The van der Waals surface area contributed by atoms with E-state index in [-0.39, 0.29) is 11.8 Å². The molecular formula is C11H19N5O3S. The fraction of sp³-hybridized carbons (Fsp3) is 0.636. The SMILES string of the molecule is CCc1nnc(SCC(=O)O)n1CCNC(=O)N(C)C. The van der Waals surface area contributed by atoms with E-state index in [1.807, 2.05) is 11.5 Å². The molecule has 1 heterocycles. The summed E-state index contributed by atoms with van der Waals surface area (Å²) in [7, 11) is 3.33. The van der Waals surface area contributed by atoms with Gasteiger partial charge in [0.15, 0.2) is 5.16 Å². The second kappa shape index (κ2) is 7.73. The van der Waals surface area contributed by atoms with Crippen molar-refractivity contribution in [2.75, 3.05) is 26.4 Å². The minimum Gasteiger partial charge on any atom is -0.481 e. The second-order valence-corrected chi connectivity index (χ2v) is 5.16. The fourth-order valence-corrected chi connectivity index (χ4v) is 2.17. The van der Waals surface area contributed by atoms with Gasteiger partial charge < -0.3 is 19.9 Å². The van der Waals surface area contributed by atoms with E-state index in [1.165, 1.54) is 4.90 Å². The van der Waals surface area contributed by atoms with E-state index in [2.05, 4.69) is 15.5 Å². The molecule has 2 N–H and O–H groups in total. The largest absolute Gasteiger partial charge is 0.481 e. The van der Waals surface area contributed by atoms with Crippen molar-refractivity contribution in [3.63, 3.8) is 0 Å². The third-order valence-electron chi connectivity index (χ3n) is 2.45. The van der Waals surface area contributed by atoms with Crippen LogP contribution >= 0.6 is 11.8 Å². The Kier molecular flexibility index (Phi) is 6.29. The van der Waals surface area contributed by atoms with Gasteiger partial charge in [-0.1, -0.05) is 18.7 Å². The number of hydrogen-bond donors (Lipinski definition) is 2. The highest BCUT2D eigenvalue weighted by atomic mass is 32.2. The summed E-state index contributed by atoms with van der Waals surface area (Å²) in [6.07, 6.45) is 0.697. The van der Waals surface area contributed by atoms with Gasteiger partial charge in [-0.3, -0.25) is 4.79 Å². The maximum atomic E-state index is 11.4. The molecule has 1 rings (SSSR count). The number of aromatic nitrogens is 3. The fourth-order valence-electron chi connectivity index (χ4n) is 1.47. The van der Waals surface area contributed by atoms with Crippen LogP contribution in [-0.4, -0.2) is 63.2 Å². The zero-order valence-electron chi connectivity index (χ0n) is 11.8. The number of carboxylic acid groups (broad SMARTS) is 1. The number of carboxylic acids is 1. The number of nitrogens with zero attached hydrogens (tertiary/aromatic N) is 4. The lowest BCUT2D eigenvalue weighted by Crippen LogP contribution is -2.36. The Labute approximate surface area is 121 Å². The van der Waals surface area contributed by atoms with Gasteiger partial charge in [-0.15, -0.1) is 10.2 Å². The minimum atomic E-state index is -0.900. The van der Waals surface area contributed by atoms with E-state index in [9.17, 15) is 9.59 Å². The van der Waals surface area contributed by atoms with Gasteiger partial charge in [0.2, 0.25) is 0 Å². The molecule has 1 aromatic heterocycles. The van der Waals surface area contributed by atoms with Crippen LogP contribution in [0.3, 0.4) is 0 Å². The van der Waals surface area contributed by atoms with Crippen LogP contribution in [0.5, 0.6) is 0 Å². The first-order chi connectivity index (χ1) is 9.45. The highest BCUT2D eigenvalue weighted by molar-refractivity contribution is 7.99. The molecule has 9 heteroatoms. The van der Waals surface area contributed by atoms with Crippen molar-refractivity contribution >= 4 is 23.8 Å². The van der Waals surface area contributed by atoms with E-state index < -0.39 is 5.97 Å². The molecule has 8 nitrogen and oxygen atoms in total. The standard InChI is InChI=1S/C11H19N5O3S/c1-4-8-13-14-11(20-7-9(17)18)16(8)6-5-12-10(19)15(2)3/h4-7H2,1-3H3,(H,12,19)(H,17,18). The molecule has 0 unspecified atom stereocenters. The van der Waals surface area contributed by atoms with Gasteiger partial charge >= 0.3 is 12.0 Å². The molecule has 0 fully saturated rings. The van der Waals surface area contributed by atoms with Crippen LogP contribution in [0.1, 0.15) is 12.7 Å². The predicted molar refractivity (Wildman–Crippen MR) is 74.8 cm³/mol. The average Bonchev–Trinajstić information content (AvgIpc) is 2.78. The molecule has 1 aromatic rings. The van der Waals surface area contributed by atoms with Crippen LogP contribution in [0.25, 0.3) is 0 Å². The summed E-state index contributed by atoms with van der Waals surface area (Å²) in [5.41, 5.74) is 0. The Hall–Kier alpha value is -1.77. The number of aryl methyl sites for hydroxylation is 1. The number of rotatable bonds is 7. The summed E-state index contributed by atoms with van der Waals surface area (Å²) in [5.74, 6) is -0.188. The maximum Gasteiger partial charge on any atom is 0.316 e. The van der Waals surface area contributed by atoms with Gasteiger partial charge in [0.05, 0.1) is 5.75 Å². The van der Waals surface area contributed by atoms with Crippen molar-refractivity contribution in [1.29, 1.82) is 0 Å². The molecule has 0 saturated heterocycles. The van der Waals surface area contributed by atoms with Gasteiger partial charge in [0.1, 0.15) is 5.82 Å². The first kappa shape index (κ1) is 16.3. The van der Waals surface area contributed by atoms with Crippen LogP contribution in [0.2, 0.25) is 0 Å². The normalized spacial score (nSPS) is 10.3. The summed E-state index contributed by atoms with van der Waals surface area (Å²) in [6.45, 7) is 2.89. The second-order valence-electron chi connectivity index (χ2n) is 4.21. The van der Waals surface area contributed by atoms with Crippen LogP contribution in [0, 0.1) is 0 Å². The van der Waals surface area contributed by atoms with Crippen molar-refractivity contribution < 1.29 is 14.7 Å². The summed E-state index contributed by atoms with van der Waals surface area (Å²) < 4.78 is 1.84. The molecule has 0 aliphatic rings. The van der Waals surface area contributed by atoms with E-state index >= 15 is 0 Å². The third kappa shape index (κ3) is 4.72. The number of hydrogen-bond acceptors (Lipinski definition) is 5. The smallest absolute Gasteiger partial charge is 0.316 e. The van der Waals surface area contributed by atoms with E-state index in [0.29, 0.717) is 24.7 Å². The molecule has 0 aromatic carbocycles. The average molecular weight is 301 g/mol. The Balaban J connectivity index is 2.64. The number of thioether (sulfide) groups is 1. The number of nitrogens with one attached hydrogen (secondary N) is 1. The number of carbonyl (C=O) groups is 2. The molecule has 2 amide bonds. The first-order valence-electron chi connectivity index (χ1n) is 6.17. The number of urea groups is 1. The van der Waals surface area contributed by atoms with E-state index in [4.69, 9.17) is 5.11 Å². The molecule has 0 saturated carbocycles. The summed E-state index contributed by atoms with van der Waals surface area (Å²) in [4.78, 5) is 23.5. The van der Waals surface area contributed by atoms with Crippen molar-refractivity contribution in [2.45, 2.75) is 25.0 Å². The zero-order valence-corrected chi connectivity index (χ0v) is 12.6. The molecule has 0 radical (unpaired) electrons. The van der Waals surface area contributed by atoms with Gasteiger partial charge in [0, 0.05) is 33.6 Å². The minimum absolute atomic E-state index is 0.0636. The van der Waals surface area contributed by atoms with Crippen LogP contribution in [0.4, 0.5) is 4.79 Å². The summed E-state index contributed by atoms with van der Waals surface area (Å²) >= 11 is 1.12. The summed E-state index contributed by atoms with van der Waals surface area (Å²) in [5, 5.41) is 20.0. The van der Waals surface area contributed by atoms with Gasteiger partial charge in [-0.25, -0.2) is 4.79 Å². The van der Waals surface area contributed by atoms with Crippen LogP contribution in [-0.2, 0) is 17.8 Å².